The zero-order valence-electron chi connectivity index (χ0n) is 10.0. The number of aryl methyl sites for hydroxylation is 1. The zero-order chi connectivity index (χ0) is 13.0. The highest BCUT2D eigenvalue weighted by molar-refractivity contribution is 6.32. The number of halogens is 1. The molecular weight excluding hydrogens is 254 g/mol. The minimum Gasteiger partial charge on any atom is -0.381 e. The third-order valence-corrected chi connectivity index (χ3v) is 2.87. The van der Waals surface area contributed by atoms with Crippen LogP contribution in [-0.4, -0.2) is 26.1 Å². The summed E-state index contributed by atoms with van der Waals surface area (Å²) < 4.78 is 3.11. The van der Waals surface area contributed by atoms with E-state index in [1.807, 2.05) is 19.2 Å². The van der Waals surface area contributed by atoms with Crippen LogP contribution >= 0.6 is 11.6 Å². The Labute approximate surface area is 109 Å². The highest BCUT2D eigenvalue weighted by Gasteiger charge is 2.07. The monoisotopic (exact) mass is 267 g/mol. The maximum absolute atomic E-state index is 11.7. The van der Waals surface area contributed by atoms with Gasteiger partial charge in [-0.15, -0.1) is 0 Å². The zero-order valence-corrected chi connectivity index (χ0v) is 10.8. The maximum Gasteiger partial charge on any atom is 0.287 e. The average Bonchev–Trinajstić information content (AvgIpc) is 2.88. The molecule has 0 unspecified atom stereocenters. The van der Waals surface area contributed by atoms with Crippen molar-refractivity contribution >= 4 is 17.3 Å². The predicted octanol–water partition coefficient (Wildman–Crippen LogP) is 1.23. The van der Waals surface area contributed by atoms with Crippen molar-refractivity contribution in [2.24, 2.45) is 0 Å². The average molecular weight is 268 g/mol. The van der Waals surface area contributed by atoms with Crippen molar-refractivity contribution in [3.8, 4) is 0 Å². The predicted molar refractivity (Wildman–Crippen MR) is 69.9 cm³/mol. The summed E-state index contributed by atoms with van der Waals surface area (Å²) in [6, 6.07) is 1.86. The second-order valence-corrected chi connectivity index (χ2v) is 4.07. The number of hydrogen-bond acceptors (Lipinski definition) is 4. The van der Waals surface area contributed by atoms with E-state index in [2.05, 4.69) is 15.5 Å². The minimum absolute atomic E-state index is 0.173. The molecule has 0 aliphatic carbocycles. The molecule has 0 saturated carbocycles. The van der Waals surface area contributed by atoms with Gasteiger partial charge in [0.05, 0.1) is 18.4 Å². The van der Waals surface area contributed by atoms with E-state index in [0.29, 0.717) is 25.3 Å². The first kappa shape index (κ1) is 12.6. The SMILES string of the molecule is CCn1ncc(NCCn2cccn2)c(Cl)c1=O. The van der Waals surface area contributed by atoms with E-state index in [9.17, 15) is 4.79 Å². The van der Waals surface area contributed by atoms with Crippen LogP contribution in [0.2, 0.25) is 5.02 Å². The molecule has 0 spiro atoms. The molecule has 0 saturated heterocycles. The van der Waals surface area contributed by atoms with Crippen molar-refractivity contribution in [3.05, 3.63) is 40.0 Å². The van der Waals surface area contributed by atoms with Crippen molar-refractivity contribution in [2.45, 2.75) is 20.0 Å². The summed E-state index contributed by atoms with van der Waals surface area (Å²) in [5.74, 6) is 0. The summed E-state index contributed by atoms with van der Waals surface area (Å²) in [6.45, 7) is 3.67. The molecule has 0 bridgehead atoms. The third-order valence-electron chi connectivity index (χ3n) is 2.50. The third kappa shape index (κ3) is 2.70. The molecule has 1 N–H and O–H groups in total. The molecule has 18 heavy (non-hydrogen) atoms. The summed E-state index contributed by atoms with van der Waals surface area (Å²) >= 11 is 5.98. The molecule has 0 aliphatic rings. The van der Waals surface area contributed by atoms with Gasteiger partial charge in [0.1, 0.15) is 5.02 Å². The molecular formula is C11H14ClN5O. The highest BCUT2D eigenvalue weighted by Crippen LogP contribution is 2.14. The Morgan fingerprint density at radius 2 is 2.28 bits per heavy atom. The van der Waals surface area contributed by atoms with Crippen molar-refractivity contribution in [1.82, 2.24) is 19.6 Å². The van der Waals surface area contributed by atoms with Crippen LogP contribution in [0.5, 0.6) is 0 Å². The Kier molecular flexibility index (Phi) is 3.99. The Morgan fingerprint density at radius 3 is 2.94 bits per heavy atom. The fourth-order valence-corrected chi connectivity index (χ4v) is 1.76. The molecule has 0 aromatic carbocycles. The lowest BCUT2D eigenvalue weighted by Crippen LogP contribution is -2.24. The van der Waals surface area contributed by atoms with E-state index in [-0.39, 0.29) is 10.6 Å². The van der Waals surface area contributed by atoms with E-state index in [4.69, 9.17) is 11.6 Å². The first-order chi connectivity index (χ1) is 8.72. The van der Waals surface area contributed by atoms with Gasteiger partial charge >= 0.3 is 0 Å². The first-order valence-electron chi connectivity index (χ1n) is 5.69. The number of hydrogen-bond donors (Lipinski definition) is 1. The summed E-state index contributed by atoms with van der Waals surface area (Å²) in [7, 11) is 0. The number of nitrogens with one attached hydrogen (secondary N) is 1. The van der Waals surface area contributed by atoms with Crippen LogP contribution < -0.4 is 10.9 Å². The first-order valence-corrected chi connectivity index (χ1v) is 6.07. The fraction of sp³-hybridized carbons (Fsp3) is 0.364. The molecule has 0 fully saturated rings. The lowest BCUT2D eigenvalue weighted by Gasteiger charge is -2.09. The van der Waals surface area contributed by atoms with Gasteiger partial charge in [0.15, 0.2) is 0 Å². The van der Waals surface area contributed by atoms with Gasteiger partial charge in [-0.05, 0) is 13.0 Å². The Balaban J connectivity index is 2.02. The van der Waals surface area contributed by atoms with Crippen LogP contribution in [0.1, 0.15) is 6.92 Å². The van der Waals surface area contributed by atoms with Gasteiger partial charge in [-0.2, -0.15) is 10.2 Å². The molecule has 0 amide bonds. The van der Waals surface area contributed by atoms with Crippen LogP contribution in [0, 0.1) is 0 Å². The van der Waals surface area contributed by atoms with Crippen molar-refractivity contribution in [1.29, 1.82) is 0 Å². The minimum atomic E-state index is -0.275. The standard InChI is InChI=1S/C11H14ClN5O/c1-2-17-11(18)10(12)9(8-15-17)13-5-7-16-6-3-4-14-16/h3-4,6,8,13H,2,5,7H2,1H3. The molecule has 96 valence electrons. The van der Waals surface area contributed by atoms with E-state index >= 15 is 0 Å². The second kappa shape index (κ2) is 5.68. The number of rotatable bonds is 5. The van der Waals surface area contributed by atoms with Crippen LogP contribution in [0.4, 0.5) is 5.69 Å². The Morgan fingerprint density at radius 1 is 1.44 bits per heavy atom. The van der Waals surface area contributed by atoms with Crippen LogP contribution in [-0.2, 0) is 13.1 Å². The molecule has 0 atom stereocenters. The summed E-state index contributed by atoms with van der Waals surface area (Å²) in [5, 5.41) is 11.3. The normalized spacial score (nSPS) is 10.6. The van der Waals surface area contributed by atoms with Crippen molar-refractivity contribution in [3.63, 3.8) is 0 Å². The van der Waals surface area contributed by atoms with Crippen LogP contribution in [0.15, 0.2) is 29.5 Å². The van der Waals surface area contributed by atoms with Crippen LogP contribution in [0.3, 0.4) is 0 Å². The molecule has 6 nitrogen and oxygen atoms in total. The smallest absolute Gasteiger partial charge is 0.287 e. The number of anilines is 1. The van der Waals surface area contributed by atoms with Gasteiger partial charge < -0.3 is 5.32 Å². The summed E-state index contributed by atoms with van der Waals surface area (Å²) in [6.07, 6.45) is 5.16. The number of aromatic nitrogens is 4. The van der Waals surface area contributed by atoms with Crippen LogP contribution in [0.25, 0.3) is 0 Å². The highest BCUT2D eigenvalue weighted by atomic mass is 35.5. The molecule has 2 aromatic rings. The summed E-state index contributed by atoms with van der Waals surface area (Å²) in [4.78, 5) is 11.7. The van der Waals surface area contributed by atoms with E-state index in [1.165, 1.54) is 4.68 Å². The number of nitrogens with zero attached hydrogens (tertiary/aromatic N) is 4. The van der Waals surface area contributed by atoms with Crippen molar-refractivity contribution in [2.75, 3.05) is 11.9 Å². The molecule has 7 heteroatoms. The Bertz CT molecular complexity index is 563. The van der Waals surface area contributed by atoms with E-state index < -0.39 is 0 Å². The lowest BCUT2D eigenvalue weighted by atomic mass is 10.4. The van der Waals surface area contributed by atoms with Gasteiger partial charge in [0.25, 0.3) is 5.56 Å². The molecule has 0 radical (unpaired) electrons. The fourth-order valence-electron chi connectivity index (χ4n) is 1.55. The van der Waals surface area contributed by atoms with Gasteiger partial charge in [0.2, 0.25) is 0 Å². The molecule has 2 rings (SSSR count). The topological polar surface area (TPSA) is 64.7 Å². The van der Waals surface area contributed by atoms with E-state index in [1.54, 1.807) is 17.1 Å². The molecule has 2 heterocycles. The largest absolute Gasteiger partial charge is 0.381 e. The van der Waals surface area contributed by atoms with Gasteiger partial charge in [0, 0.05) is 25.5 Å². The van der Waals surface area contributed by atoms with Gasteiger partial charge in [-0.1, -0.05) is 11.6 Å². The summed E-state index contributed by atoms with van der Waals surface area (Å²) in [5.41, 5.74) is 0.279. The molecule has 0 aliphatic heterocycles. The van der Waals surface area contributed by atoms with Crippen molar-refractivity contribution < 1.29 is 0 Å². The second-order valence-electron chi connectivity index (χ2n) is 3.69. The quantitative estimate of drug-likeness (QED) is 0.885. The Hall–Kier alpha value is -1.82. The van der Waals surface area contributed by atoms with E-state index in [0.717, 1.165) is 0 Å². The molecule has 2 aromatic heterocycles. The lowest BCUT2D eigenvalue weighted by molar-refractivity contribution is 0.613. The maximum atomic E-state index is 11.7. The van der Waals surface area contributed by atoms with Gasteiger partial charge in [-0.25, -0.2) is 4.68 Å². The van der Waals surface area contributed by atoms with Gasteiger partial charge in [-0.3, -0.25) is 9.48 Å².